The van der Waals surface area contributed by atoms with Crippen molar-refractivity contribution in [3.05, 3.63) is 53.6 Å². The first-order valence-corrected chi connectivity index (χ1v) is 6.10. The molecule has 0 saturated heterocycles. The van der Waals surface area contributed by atoms with Crippen LogP contribution in [0.4, 0.5) is 0 Å². The first-order chi connectivity index (χ1) is 10.1. The van der Waals surface area contributed by atoms with Crippen LogP contribution < -0.4 is 10.2 Å². The maximum Gasteiger partial charge on any atom is 0.275 e. The second-order valence-corrected chi connectivity index (χ2v) is 4.15. The van der Waals surface area contributed by atoms with E-state index in [1.54, 1.807) is 24.3 Å². The Morgan fingerprint density at radius 1 is 1.19 bits per heavy atom. The van der Waals surface area contributed by atoms with E-state index in [0.29, 0.717) is 11.3 Å². The van der Waals surface area contributed by atoms with Gasteiger partial charge in [-0.2, -0.15) is 5.10 Å². The van der Waals surface area contributed by atoms with Crippen LogP contribution in [0.15, 0.2) is 47.6 Å². The first kappa shape index (κ1) is 14.4. The van der Waals surface area contributed by atoms with Gasteiger partial charge in [0.1, 0.15) is 5.75 Å². The van der Waals surface area contributed by atoms with E-state index in [1.807, 2.05) is 0 Å². The fraction of sp³-hybridized carbons (Fsp3) is 0.0667. The Hall–Kier alpha value is -3.02. The summed E-state index contributed by atoms with van der Waals surface area (Å²) < 4.78 is 4.92. The number of ether oxygens (including phenoxy) is 1. The summed E-state index contributed by atoms with van der Waals surface area (Å²) in [6.07, 6.45) is 1.37. The second-order valence-electron chi connectivity index (χ2n) is 4.15. The molecule has 0 aliphatic carbocycles. The minimum atomic E-state index is -0.526. The van der Waals surface area contributed by atoms with Crippen molar-refractivity contribution in [2.75, 3.05) is 7.11 Å². The summed E-state index contributed by atoms with van der Waals surface area (Å²) in [5.74, 6) is -0.312. The van der Waals surface area contributed by atoms with Crippen LogP contribution in [0.5, 0.6) is 17.2 Å². The lowest BCUT2D eigenvalue weighted by atomic mass is 10.2. The molecule has 0 heterocycles. The van der Waals surface area contributed by atoms with Gasteiger partial charge in [-0.05, 0) is 35.9 Å². The standard InChI is InChI=1S/C15H14N2O4/c1-21-14-7-6-10(8-13(14)19)9-16-17-15(20)11-4-2-3-5-12(11)18/h2-9,18-19H,1H3,(H,17,20). The Kier molecular flexibility index (Phi) is 4.40. The predicted octanol–water partition coefficient (Wildman–Crippen LogP) is 1.87. The van der Waals surface area contributed by atoms with Gasteiger partial charge in [0.2, 0.25) is 0 Å². The Balaban J connectivity index is 2.04. The number of nitrogens with one attached hydrogen (secondary N) is 1. The van der Waals surface area contributed by atoms with Crippen LogP contribution in [0.25, 0.3) is 0 Å². The molecule has 21 heavy (non-hydrogen) atoms. The number of nitrogens with zero attached hydrogens (tertiary/aromatic N) is 1. The smallest absolute Gasteiger partial charge is 0.275 e. The van der Waals surface area contributed by atoms with Crippen LogP contribution in [0.1, 0.15) is 15.9 Å². The number of rotatable bonds is 4. The quantitative estimate of drug-likeness (QED) is 0.591. The molecule has 0 atom stereocenters. The minimum absolute atomic E-state index is 0.0199. The monoisotopic (exact) mass is 286 g/mol. The fourth-order valence-corrected chi connectivity index (χ4v) is 1.68. The lowest BCUT2D eigenvalue weighted by Gasteiger charge is -2.04. The molecule has 1 amide bonds. The molecule has 108 valence electrons. The van der Waals surface area contributed by atoms with Gasteiger partial charge in [-0.3, -0.25) is 4.79 Å². The predicted molar refractivity (Wildman–Crippen MR) is 77.8 cm³/mol. The SMILES string of the molecule is COc1ccc(C=NNC(=O)c2ccccc2O)cc1O. The maximum absolute atomic E-state index is 11.8. The first-order valence-electron chi connectivity index (χ1n) is 6.10. The van der Waals surface area contributed by atoms with Crippen molar-refractivity contribution in [3.8, 4) is 17.2 Å². The van der Waals surface area contributed by atoms with Gasteiger partial charge >= 0.3 is 0 Å². The number of benzene rings is 2. The van der Waals surface area contributed by atoms with Crippen molar-refractivity contribution in [2.45, 2.75) is 0 Å². The summed E-state index contributed by atoms with van der Waals surface area (Å²) >= 11 is 0. The number of hydrogen-bond donors (Lipinski definition) is 3. The molecule has 3 N–H and O–H groups in total. The zero-order valence-corrected chi connectivity index (χ0v) is 11.3. The average molecular weight is 286 g/mol. The number of aromatic hydroxyl groups is 2. The van der Waals surface area contributed by atoms with Gasteiger partial charge < -0.3 is 14.9 Å². The number of phenols is 2. The summed E-state index contributed by atoms with van der Waals surface area (Å²) in [6, 6.07) is 10.9. The van der Waals surface area contributed by atoms with Gasteiger partial charge in [-0.1, -0.05) is 12.1 Å². The molecule has 2 aromatic carbocycles. The second kappa shape index (κ2) is 6.42. The lowest BCUT2D eigenvalue weighted by molar-refractivity contribution is 0.0952. The van der Waals surface area contributed by atoms with Gasteiger partial charge in [0, 0.05) is 0 Å². The van der Waals surface area contributed by atoms with E-state index in [2.05, 4.69) is 10.5 Å². The van der Waals surface area contributed by atoms with E-state index in [4.69, 9.17) is 4.74 Å². The average Bonchev–Trinajstić information content (AvgIpc) is 2.48. The van der Waals surface area contributed by atoms with E-state index < -0.39 is 5.91 Å². The number of hydrazone groups is 1. The largest absolute Gasteiger partial charge is 0.507 e. The summed E-state index contributed by atoms with van der Waals surface area (Å²) in [7, 11) is 1.45. The van der Waals surface area contributed by atoms with Gasteiger partial charge in [0.25, 0.3) is 5.91 Å². The van der Waals surface area contributed by atoms with Crippen LogP contribution >= 0.6 is 0 Å². The van der Waals surface area contributed by atoms with Crippen molar-refractivity contribution < 1.29 is 19.7 Å². The number of phenolic OH excluding ortho intramolecular Hbond substituents is 2. The Bertz CT molecular complexity index is 683. The van der Waals surface area contributed by atoms with Gasteiger partial charge in [0.05, 0.1) is 18.9 Å². The number of amides is 1. The van der Waals surface area contributed by atoms with Crippen LogP contribution in [-0.2, 0) is 0 Å². The number of hydrogen-bond acceptors (Lipinski definition) is 5. The topological polar surface area (TPSA) is 91.2 Å². The third kappa shape index (κ3) is 3.50. The van der Waals surface area contributed by atoms with E-state index >= 15 is 0 Å². The van der Waals surface area contributed by atoms with E-state index in [9.17, 15) is 15.0 Å². The Morgan fingerprint density at radius 3 is 2.62 bits per heavy atom. The summed E-state index contributed by atoms with van der Waals surface area (Å²) in [5, 5.41) is 22.9. The van der Waals surface area contributed by atoms with Gasteiger partial charge in [-0.25, -0.2) is 5.43 Å². The number of methoxy groups -OCH3 is 1. The van der Waals surface area contributed by atoms with E-state index in [1.165, 1.54) is 31.5 Å². The highest BCUT2D eigenvalue weighted by Crippen LogP contribution is 2.25. The van der Waals surface area contributed by atoms with Crippen molar-refractivity contribution in [2.24, 2.45) is 5.10 Å². The zero-order chi connectivity index (χ0) is 15.2. The summed E-state index contributed by atoms with van der Waals surface area (Å²) in [4.78, 5) is 11.8. The van der Waals surface area contributed by atoms with Crippen molar-refractivity contribution in [1.29, 1.82) is 0 Å². The van der Waals surface area contributed by atoms with E-state index in [0.717, 1.165) is 0 Å². The molecule has 2 aromatic rings. The molecular weight excluding hydrogens is 272 g/mol. The Morgan fingerprint density at radius 2 is 1.95 bits per heavy atom. The van der Waals surface area contributed by atoms with Crippen molar-refractivity contribution in [3.63, 3.8) is 0 Å². The lowest BCUT2D eigenvalue weighted by Crippen LogP contribution is -2.17. The summed E-state index contributed by atoms with van der Waals surface area (Å²) in [5.41, 5.74) is 3.01. The van der Waals surface area contributed by atoms with Gasteiger partial charge in [0.15, 0.2) is 11.5 Å². The molecule has 0 bridgehead atoms. The van der Waals surface area contributed by atoms with Crippen LogP contribution in [0.2, 0.25) is 0 Å². The van der Waals surface area contributed by atoms with Gasteiger partial charge in [-0.15, -0.1) is 0 Å². The van der Waals surface area contributed by atoms with E-state index in [-0.39, 0.29) is 17.1 Å². The zero-order valence-electron chi connectivity index (χ0n) is 11.3. The Labute approximate surface area is 121 Å². The molecular formula is C15H14N2O4. The molecule has 2 rings (SSSR count). The van der Waals surface area contributed by atoms with Crippen LogP contribution in [-0.4, -0.2) is 29.4 Å². The highest BCUT2D eigenvalue weighted by Gasteiger charge is 2.08. The minimum Gasteiger partial charge on any atom is -0.507 e. The van der Waals surface area contributed by atoms with Crippen LogP contribution in [0.3, 0.4) is 0 Å². The normalized spacial score (nSPS) is 10.5. The molecule has 6 heteroatoms. The molecule has 0 aliphatic rings. The van der Waals surface area contributed by atoms with Crippen molar-refractivity contribution in [1.82, 2.24) is 5.43 Å². The third-order valence-corrected chi connectivity index (χ3v) is 2.73. The summed E-state index contributed by atoms with van der Waals surface area (Å²) in [6.45, 7) is 0. The molecule has 0 spiro atoms. The third-order valence-electron chi connectivity index (χ3n) is 2.73. The highest BCUT2D eigenvalue weighted by atomic mass is 16.5. The molecule has 0 radical (unpaired) electrons. The highest BCUT2D eigenvalue weighted by molar-refractivity contribution is 5.97. The molecule has 0 saturated carbocycles. The maximum atomic E-state index is 11.8. The number of para-hydroxylation sites is 1. The molecule has 0 aromatic heterocycles. The fourth-order valence-electron chi connectivity index (χ4n) is 1.68. The number of carbonyl (C=O) groups is 1. The number of carbonyl (C=O) groups excluding carboxylic acids is 1. The molecule has 0 aliphatic heterocycles. The van der Waals surface area contributed by atoms with Crippen LogP contribution in [0, 0.1) is 0 Å². The molecule has 0 fully saturated rings. The molecule has 6 nitrogen and oxygen atoms in total. The van der Waals surface area contributed by atoms with Crippen molar-refractivity contribution >= 4 is 12.1 Å². The molecule has 0 unspecified atom stereocenters.